The average Bonchev–Trinajstić information content (AvgIpc) is 3.06. The Morgan fingerprint density at radius 1 is 0.967 bits per heavy atom. The number of hydrogen-bond donors (Lipinski definition) is 0. The van der Waals surface area contributed by atoms with Crippen LogP contribution in [0.4, 0.5) is 0 Å². The van der Waals surface area contributed by atoms with Gasteiger partial charge in [0.2, 0.25) is 23.7 Å². The van der Waals surface area contributed by atoms with E-state index in [0.717, 1.165) is 11.4 Å². The Kier molecular flexibility index (Phi) is 6.60. The summed E-state index contributed by atoms with van der Waals surface area (Å²) in [5.74, 6) is 1.01. The van der Waals surface area contributed by atoms with Crippen LogP contribution >= 0.6 is 0 Å². The number of fused-ring (bicyclic) bond motifs is 2. The number of benzene rings is 2. The molecule has 5 heteroatoms. The van der Waals surface area contributed by atoms with E-state index < -0.39 is 12.1 Å². The van der Waals surface area contributed by atoms with Gasteiger partial charge in [0, 0.05) is 17.2 Å². The predicted molar refractivity (Wildman–Crippen MR) is 116 cm³/mol. The summed E-state index contributed by atoms with van der Waals surface area (Å²) in [5, 5.41) is 0. The zero-order valence-corrected chi connectivity index (χ0v) is 20.0. The van der Waals surface area contributed by atoms with Crippen molar-refractivity contribution < 1.29 is 38.1 Å². The Balaban J connectivity index is 0.00000256. The molecule has 2 aliphatic rings. The number of nitrogens with zero attached hydrogens (tertiary/aromatic N) is 2. The molecule has 0 aromatic heterocycles. The van der Waals surface area contributed by atoms with Crippen LogP contribution in [0.3, 0.4) is 0 Å². The highest BCUT2D eigenvalue weighted by Crippen LogP contribution is 2.32. The van der Waals surface area contributed by atoms with Crippen LogP contribution in [0.2, 0.25) is 0 Å². The van der Waals surface area contributed by atoms with Crippen LogP contribution in [0, 0.1) is 6.92 Å². The predicted octanol–water partition coefficient (Wildman–Crippen LogP) is 0.984. The highest BCUT2D eigenvalue weighted by Gasteiger charge is 2.58. The Bertz CT molecular complexity index is 1040. The van der Waals surface area contributed by atoms with Crippen molar-refractivity contribution in [2.45, 2.75) is 45.8 Å². The van der Waals surface area contributed by atoms with E-state index in [4.69, 9.17) is 0 Å². The van der Waals surface area contributed by atoms with Crippen molar-refractivity contribution in [3.63, 3.8) is 0 Å². The van der Waals surface area contributed by atoms with Gasteiger partial charge in [0.1, 0.15) is 0 Å². The quantitative estimate of drug-likeness (QED) is 0.452. The molecule has 0 radical (unpaired) electrons. The molecule has 1 aliphatic heterocycles. The van der Waals surface area contributed by atoms with Crippen LogP contribution in [-0.4, -0.2) is 51.5 Å². The zero-order chi connectivity index (χ0) is 20.7. The van der Waals surface area contributed by atoms with E-state index in [1.165, 1.54) is 5.56 Å². The molecule has 0 saturated heterocycles. The van der Waals surface area contributed by atoms with Crippen molar-refractivity contribution in [3.8, 4) is 0 Å². The fraction of sp³-hybridized carbons (Fsp3) is 0.320. The molecule has 2 aromatic carbocycles. The lowest BCUT2D eigenvalue weighted by Crippen LogP contribution is -3.00. The summed E-state index contributed by atoms with van der Waals surface area (Å²) in [4.78, 5) is 28.9. The van der Waals surface area contributed by atoms with Gasteiger partial charge in [-0.3, -0.25) is 9.59 Å². The molecule has 4 rings (SSSR count). The number of carbonyl (C=O) groups is 2. The smallest absolute Gasteiger partial charge is 0.273 e. The molecule has 4 nitrogen and oxygen atoms in total. The zero-order valence-electron chi connectivity index (χ0n) is 17.8. The number of rotatable bonds is 4. The Labute approximate surface area is 195 Å². The first kappa shape index (κ1) is 22.4. The standard InChI is InChI=1S/C25H27N2O2.HI/c1-5-26-21(15-14-18-12-10-17(4)11-13-18)27(16(2)3)23-22(26)24(28)19-8-6-7-9-20(19)25(23)29;/h6-16,22-23H,5H2,1-4H3;1H/q+1;/p-1/b15-14+;. The molecule has 0 bridgehead atoms. The van der Waals surface area contributed by atoms with Crippen molar-refractivity contribution in [2.24, 2.45) is 0 Å². The summed E-state index contributed by atoms with van der Waals surface area (Å²) in [6, 6.07) is 14.7. The van der Waals surface area contributed by atoms with Gasteiger partial charge in [0.15, 0.2) is 0 Å². The van der Waals surface area contributed by atoms with Gasteiger partial charge in [-0.1, -0.05) is 54.1 Å². The topological polar surface area (TPSA) is 40.4 Å². The van der Waals surface area contributed by atoms with Crippen LogP contribution in [0.15, 0.2) is 54.6 Å². The van der Waals surface area contributed by atoms with E-state index in [0.29, 0.717) is 17.7 Å². The summed E-state index contributed by atoms with van der Waals surface area (Å²) in [5.41, 5.74) is 3.40. The minimum Gasteiger partial charge on any atom is -1.00 e. The van der Waals surface area contributed by atoms with Gasteiger partial charge in [0.05, 0.1) is 12.6 Å². The molecular weight excluding hydrogens is 487 g/mol. The van der Waals surface area contributed by atoms with Crippen molar-refractivity contribution in [1.82, 2.24) is 4.90 Å². The maximum atomic E-state index is 13.4. The summed E-state index contributed by atoms with van der Waals surface area (Å²) in [7, 11) is 0. The number of carbonyl (C=O) groups excluding carboxylic acids is 2. The van der Waals surface area contributed by atoms with E-state index in [9.17, 15) is 9.59 Å². The van der Waals surface area contributed by atoms with E-state index in [1.807, 2.05) is 19.1 Å². The molecule has 1 aliphatic carbocycles. The largest absolute Gasteiger partial charge is 1.00 e. The summed E-state index contributed by atoms with van der Waals surface area (Å²) in [6.07, 6.45) is 4.12. The third-order valence-corrected chi connectivity index (χ3v) is 5.89. The number of halogens is 1. The fourth-order valence-electron chi connectivity index (χ4n) is 4.52. The second-order valence-corrected chi connectivity index (χ2v) is 8.05. The fourth-order valence-corrected chi connectivity index (χ4v) is 4.52. The van der Waals surface area contributed by atoms with Crippen molar-refractivity contribution in [3.05, 3.63) is 76.9 Å². The second-order valence-electron chi connectivity index (χ2n) is 8.05. The molecule has 0 amide bonds. The minimum absolute atomic E-state index is 0. The number of hydrogen-bond acceptors (Lipinski definition) is 3. The first-order chi connectivity index (χ1) is 13.9. The molecular formula is C25H27IN2O2. The number of Topliss-reactive ketones (excluding diaryl/α,β-unsaturated/α-hetero) is 2. The number of ketones is 2. The highest BCUT2D eigenvalue weighted by atomic mass is 127. The molecule has 156 valence electrons. The highest BCUT2D eigenvalue weighted by molar-refractivity contribution is 6.20. The van der Waals surface area contributed by atoms with E-state index in [-0.39, 0.29) is 41.6 Å². The molecule has 0 saturated carbocycles. The lowest BCUT2D eigenvalue weighted by molar-refractivity contribution is -0.538. The first-order valence-electron chi connectivity index (χ1n) is 10.3. The van der Waals surface area contributed by atoms with Gasteiger partial charge >= 0.3 is 0 Å². The number of likely N-dealkylation sites (N-methyl/N-ethyl adjacent to an activating group) is 1. The van der Waals surface area contributed by atoms with E-state index >= 15 is 0 Å². The molecule has 2 aromatic rings. The minimum atomic E-state index is -0.477. The monoisotopic (exact) mass is 514 g/mol. The van der Waals surface area contributed by atoms with Crippen LogP contribution in [0.1, 0.15) is 52.6 Å². The molecule has 0 spiro atoms. The van der Waals surface area contributed by atoms with Crippen LogP contribution in [0.25, 0.3) is 6.08 Å². The lowest BCUT2D eigenvalue weighted by Gasteiger charge is -2.28. The van der Waals surface area contributed by atoms with Crippen LogP contribution in [0.5, 0.6) is 0 Å². The van der Waals surface area contributed by atoms with Crippen LogP contribution in [-0.2, 0) is 0 Å². The van der Waals surface area contributed by atoms with Gasteiger partial charge in [-0.05, 0) is 39.3 Å². The maximum Gasteiger partial charge on any atom is 0.273 e. The summed E-state index contributed by atoms with van der Waals surface area (Å²) in [6.45, 7) is 8.93. The summed E-state index contributed by atoms with van der Waals surface area (Å²) >= 11 is 0. The molecule has 0 N–H and O–H groups in total. The van der Waals surface area contributed by atoms with E-state index in [2.05, 4.69) is 66.7 Å². The van der Waals surface area contributed by atoms with Gasteiger partial charge in [0.25, 0.3) is 5.84 Å². The number of amidine groups is 1. The Morgan fingerprint density at radius 2 is 1.57 bits per heavy atom. The third kappa shape index (κ3) is 3.64. The van der Waals surface area contributed by atoms with Gasteiger partial charge in [-0.15, -0.1) is 0 Å². The molecule has 2 unspecified atom stereocenters. The average molecular weight is 514 g/mol. The molecule has 0 fully saturated rings. The van der Waals surface area contributed by atoms with Crippen LogP contribution < -0.4 is 24.0 Å². The SMILES string of the molecule is CC[N+]1=C(/C=C/c2ccc(C)cc2)N(C(C)C)C2C(=O)c3ccccc3C(=O)C21.[I-]. The molecule has 30 heavy (non-hydrogen) atoms. The van der Waals surface area contributed by atoms with Crippen molar-refractivity contribution in [1.29, 1.82) is 0 Å². The Hall–Kier alpha value is -2.28. The second kappa shape index (κ2) is 8.84. The van der Waals surface area contributed by atoms with E-state index in [1.54, 1.807) is 12.1 Å². The lowest BCUT2D eigenvalue weighted by atomic mass is 9.82. The van der Waals surface area contributed by atoms with Gasteiger partial charge in [-0.25, -0.2) is 9.48 Å². The van der Waals surface area contributed by atoms with Crippen molar-refractivity contribution in [2.75, 3.05) is 6.54 Å². The summed E-state index contributed by atoms with van der Waals surface area (Å²) < 4.78 is 2.09. The van der Waals surface area contributed by atoms with Gasteiger partial charge in [-0.2, -0.15) is 0 Å². The van der Waals surface area contributed by atoms with Crippen molar-refractivity contribution >= 4 is 23.5 Å². The normalized spacial score (nSPS) is 20.6. The van der Waals surface area contributed by atoms with Gasteiger partial charge < -0.3 is 24.0 Å². The first-order valence-corrected chi connectivity index (χ1v) is 10.3. The molecule has 1 heterocycles. The Morgan fingerprint density at radius 3 is 2.13 bits per heavy atom. The third-order valence-electron chi connectivity index (χ3n) is 5.89. The maximum absolute atomic E-state index is 13.4. The molecule has 2 atom stereocenters. The number of aryl methyl sites for hydroxylation is 1.